The van der Waals surface area contributed by atoms with Crippen LogP contribution in [0.25, 0.3) is 34.2 Å². The monoisotopic (exact) mass is 449 g/mol. The van der Waals surface area contributed by atoms with Gasteiger partial charge in [-0.1, -0.05) is 98.0 Å². The Labute approximate surface area is 204 Å². The van der Waals surface area contributed by atoms with Gasteiger partial charge >= 0.3 is 0 Å². The second-order valence-corrected chi connectivity index (χ2v) is 9.45. The molecule has 0 saturated carbocycles. The van der Waals surface area contributed by atoms with Crippen molar-refractivity contribution < 1.29 is 0 Å². The summed E-state index contributed by atoms with van der Waals surface area (Å²) in [6.07, 6.45) is 6.24. The number of aryl methyl sites for hydroxylation is 5. The quantitative estimate of drug-likeness (QED) is 0.254. The van der Waals surface area contributed by atoms with Gasteiger partial charge in [0.15, 0.2) is 17.5 Å². The van der Waals surface area contributed by atoms with Crippen LogP contribution in [0.3, 0.4) is 0 Å². The largest absolute Gasteiger partial charge is 0.208 e. The van der Waals surface area contributed by atoms with Gasteiger partial charge in [-0.25, -0.2) is 15.0 Å². The Morgan fingerprint density at radius 3 is 1.59 bits per heavy atom. The van der Waals surface area contributed by atoms with Crippen molar-refractivity contribution in [3.63, 3.8) is 0 Å². The lowest BCUT2D eigenvalue weighted by Gasteiger charge is -2.12. The summed E-state index contributed by atoms with van der Waals surface area (Å²) in [5, 5.41) is 0. The Hall–Kier alpha value is -3.33. The van der Waals surface area contributed by atoms with E-state index in [1.165, 1.54) is 53.5 Å². The standard InChI is InChI=1S/C31H35N3/c1-6-7-8-9-10-25-13-15-26(16-14-25)29-32-30(27-17-11-21(2)19-23(27)4)34-31(33-29)28-18-12-22(3)20-24(28)5/h11-20H,6-10H2,1-5H3. The van der Waals surface area contributed by atoms with Crippen molar-refractivity contribution in [2.75, 3.05) is 0 Å². The third-order valence-corrected chi connectivity index (χ3v) is 6.41. The Morgan fingerprint density at radius 1 is 0.559 bits per heavy atom. The van der Waals surface area contributed by atoms with Crippen LogP contribution >= 0.6 is 0 Å². The van der Waals surface area contributed by atoms with Gasteiger partial charge in [-0.2, -0.15) is 0 Å². The summed E-state index contributed by atoms with van der Waals surface area (Å²) in [6, 6.07) is 21.6. The molecule has 3 nitrogen and oxygen atoms in total. The van der Waals surface area contributed by atoms with E-state index in [-0.39, 0.29) is 0 Å². The number of hydrogen-bond donors (Lipinski definition) is 0. The first-order valence-electron chi connectivity index (χ1n) is 12.4. The lowest BCUT2D eigenvalue weighted by molar-refractivity contribution is 0.667. The molecule has 3 heteroatoms. The van der Waals surface area contributed by atoms with Gasteiger partial charge in [-0.15, -0.1) is 0 Å². The van der Waals surface area contributed by atoms with Crippen molar-refractivity contribution in [1.29, 1.82) is 0 Å². The molecule has 0 spiro atoms. The summed E-state index contributed by atoms with van der Waals surface area (Å²) in [6.45, 7) is 10.7. The van der Waals surface area contributed by atoms with Crippen molar-refractivity contribution in [3.8, 4) is 34.2 Å². The molecule has 0 aliphatic rings. The summed E-state index contributed by atoms with van der Waals surface area (Å²) < 4.78 is 0. The number of hydrogen-bond acceptors (Lipinski definition) is 3. The first kappa shape index (κ1) is 23.8. The predicted molar refractivity (Wildman–Crippen MR) is 143 cm³/mol. The van der Waals surface area contributed by atoms with Crippen LogP contribution in [0.4, 0.5) is 0 Å². The summed E-state index contributed by atoms with van der Waals surface area (Å²) in [5.41, 5.74) is 9.31. The zero-order valence-electron chi connectivity index (χ0n) is 21.2. The van der Waals surface area contributed by atoms with Crippen molar-refractivity contribution in [2.24, 2.45) is 0 Å². The smallest absolute Gasteiger partial charge is 0.164 e. The lowest BCUT2D eigenvalue weighted by Crippen LogP contribution is -2.02. The highest BCUT2D eigenvalue weighted by atomic mass is 15.0. The summed E-state index contributed by atoms with van der Waals surface area (Å²) in [5.74, 6) is 2.17. The van der Waals surface area contributed by atoms with Crippen LogP contribution in [0.1, 0.15) is 60.4 Å². The molecule has 174 valence electrons. The molecule has 0 unspecified atom stereocenters. The van der Waals surface area contributed by atoms with Gasteiger partial charge in [0.25, 0.3) is 0 Å². The second-order valence-electron chi connectivity index (χ2n) is 9.45. The number of rotatable bonds is 8. The van der Waals surface area contributed by atoms with E-state index >= 15 is 0 Å². The normalized spacial score (nSPS) is 11.1. The van der Waals surface area contributed by atoms with Gasteiger partial charge in [0, 0.05) is 16.7 Å². The highest BCUT2D eigenvalue weighted by molar-refractivity contribution is 5.69. The molecule has 4 aromatic rings. The average molecular weight is 450 g/mol. The van der Waals surface area contributed by atoms with Gasteiger partial charge in [0.1, 0.15) is 0 Å². The van der Waals surface area contributed by atoms with Gasteiger partial charge < -0.3 is 0 Å². The van der Waals surface area contributed by atoms with E-state index in [4.69, 9.17) is 15.0 Å². The summed E-state index contributed by atoms with van der Waals surface area (Å²) in [4.78, 5) is 14.8. The van der Waals surface area contributed by atoms with Crippen LogP contribution in [0.5, 0.6) is 0 Å². The molecule has 1 aromatic heterocycles. The molecule has 0 atom stereocenters. The van der Waals surface area contributed by atoms with Crippen LogP contribution in [0.15, 0.2) is 60.7 Å². The maximum absolute atomic E-state index is 4.93. The molecule has 0 aliphatic carbocycles. The molecule has 0 aliphatic heterocycles. The van der Waals surface area contributed by atoms with Crippen molar-refractivity contribution in [1.82, 2.24) is 15.0 Å². The topological polar surface area (TPSA) is 38.7 Å². The molecule has 0 fully saturated rings. The number of unbranched alkanes of at least 4 members (excludes halogenated alkanes) is 3. The molecular weight excluding hydrogens is 414 g/mol. The fourth-order valence-electron chi connectivity index (χ4n) is 4.45. The molecule has 0 amide bonds. The third-order valence-electron chi connectivity index (χ3n) is 6.41. The predicted octanol–water partition coefficient (Wildman–Crippen LogP) is 8.23. The van der Waals surface area contributed by atoms with E-state index in [1.807, 2.05) is 0 Å². The van der Waals surface area contributed by atoms with Gasteiger partial charge in [-0.3, -0.25) is 0 Å². The Kier molecular flexibility index (Phi) is 7.52. The molecule has 0 radical (unpaired) electrons. The first-order valence-corrected chi connectivity index (χ1v) is 12.4. The van der Waals surface area contributed by atoms with Gasteiger partial charge in [0.2, 0.25) is 0 Å². The zero-order valence-corrected chi connectivity index (χ0v) is 21.2. The number of nitrogens with zero attached hydrogens (tertiary/aromatic N) is 3. The van der Waals surface area contributed by atoms with E-state index in [1.54, 1.807) is 0 Å². The number of aromatic nitrogens is 3. The van der Waals surface area contributed by atoms with E-state index in [9.17, 15) is 0 Å². The highest BCUT2D eigenvalue weighted by Gasteiger charge is 2.15. The van der Waals surface area contributed by atoms with Crippen molar-refractivity contribution in [3.05, 3.63) is 88.5 Å². The highest BCUT2D eigenvalue weighted by Crippen LogP contribution is 2.28. The maximum Gasteiger partial charge on any atom is 0.164 e. The van der Waals surface area contributed by atoms with Crippen LogP contribution in [0.2, 0.25) is 0 Å². The molecule has 4 rings (SSSR count). The third kappa shape index (κ3) is 5.59. The maximum atomic E-state index is 4.93. The van der Waals surface area contributed by atoms with E-state index in [0.717, 1.165) is 40.6 Å². The van der Waals surface area contributed by atoms with Crippen LogP contribution in [-0.4, -0.2) is 15.0 Å². The van der Waals surface area contributed by atoms with E-state index < -0.39 is 0 Å². The Morgan fingerprint density at radius 2 is 1.09 bits per heavy atom. The molecule has 0 saturated heterocycles. The molecule has 1 heterocycles. The first-order chi connectivity index (χ1) is 16.4. The Bertz CT molecular complexity index is 1200. The minimum atomic E-state index is 0.720. The van der Waals surface area contributed by atoms with Crippen LogP contribution < -0.4 is 0 Å². The summed E-state index contributed by atoms with van der Waals surface area (Å²) in [7, 11) is 0. The zero-order chi connectivity index (χ0) is 24.1. The average Bonchev–Trinajstić information content (AvgIpc) is 2.82. The van der Waals surface area contributed by atoms with E-state index in [2.05, 4.69) is 95.3 Å². The molecule has 0 bridgehead atoms. The van der Waals surface area contributed by atoms with Crippen LogP contribution in [0, 0.1) is 27.7 Å². The van der Waals surface area contributed by atoms with Gasteiger partial charge in [0.05, 0.1) is 0 Å². The minimum Gasteiger partial charge on any atom is -0.208 e. The van der Waals surface area contributed by atoms with Crippen molar-refractivity contribution in [2.45, 2.75) is 66.7 Å². The molecule has 3 aromatic carbocycles. The second kappa shape index (κ2) is 10.7. The minimum absolute atomic E-state index is 0.720. The fraction of sp³-hybridized carbons (Fsp3) is 0.323. The lowest BCUT2D eigenvalue weighted by atomic mass is 10.0. The fourth-order valence-corrected chi connectivity index (χ4v) is 4.45. The summed E-state index contributed by atoms with van der Waals surface area (Å²) >= 11 is 0. The molecule has 34 heavy (non-hydrogen) atoms. The number of benzene rings is 3. The van der Waals surface area contributed by atoms with E-state index in [0.29, 0.717) is 0 Å². The molecule has 0 N–H and O–H groups in total. The van der Waals surface area contributed by atoms with Crippen molar-refractivity contribution >= 4 is 0 Å². The van der Waals surface area contributed by atoms with Crippen LogP contribution in [-0.2, 0) is 6.42 Å². The SMILES string of the molecule is CCCCCCc1ccc(-c2nc(-c3ccc(C)cc3C)nc(-c3ccc(C)cc3C)n2)cc1. The molecular formula is C31H35N3. The Balaban J connectivity index is 1.76. The van der Waals surface area contributed by atoms with Gasteiger partial charge in [-0.05, 0) is 57.2 Å².